The Morgan fingerprint density at radius 3 is 2.54 bits per heavy atom. The monoisotopic (exact) mass is 192 g/mol. The van der Waals surface area contributed by atoms with Crippen LogP contribution in [0.5, 0.6) is 0 Å². The zero-order valence-corrected chi connectivity index (χ0v) is 6.80. The summed E-state index contributed by atoms with van der Waals surface area (Å²) in [5, 5.41) is 3.14. The number of nitrogens with zero attached hydrogens (tertiary/aromatic N) is 2. The molecule has 0 spiro atoms. The van der Waals surface area contributed by atoms with Crippen LogP contribution in [0.25, 0.3) is 0 Å². The summed E-state index contributed by atoms with van der Waals surface area (Å²) in [6.07, 6.45) is -4.50. The van der Waals surface area contributed by atoms with Crippen molar-refractivity contribution < 1.29 is 13.2 Å². The second-order valence-corrected chi connectivity index (χ2v) is 2.37. The molecule has 0 aliphatic carbocycles. The first-order valence-corrected chi connectivity index (χ1v) is 3.60. The van der Waals surface area contributed by atoms with E-state index in [-0.39, 0.29) is 6.54 Å². The molecule has 0 amide bonds. The topological polar surface area (TPSA) is 34.9 Å². The molecular formula is C7H7F3N2O. The average Bonchev–Trinajstić information content (AvgIpc) is 2.03. The van der Waals surface area contributed by atoms with Crippen molar-refractivity contribution >= 4 is 0 Å². The lowest BCUT2D eigenvalue weighted by atomic mass is 10.4. The molecule has 6 heteroatoms. The Hall–Kier alpha value is -1.33. The molecule has 1 aromatic heterocycles. The SMILES string of the molecule is CCn1nc(C(F)(F)F)ccc1=O. The molecule has 13 heavy (non-hydrogen) atoms. The molecule has 0 saturated carbocycles. The summed E-state index contributed by atoms with van der Waals surface area (Å²) in [5.41, 5.74) is -1.58. The Morgan fingerprint density at radius 2 is 2.08 bits per heavy atom. The van der Waals surface area contributed by atoms with Gasteiger partial charge in [-0.25, -0.2) is 4.68 Å². The van der Waals surface area contributed by atoms with Gasteiger partial charge in [0, 0.05) is 12.6 Å². The summed E-state index contributed by atoms with van der Waals surface area (Å²) < 4.78 is 36.9. The fraction of sp³-hybridized carbons (Fsp3) is 0.429. The van der Waals surface area contributed by atoms with E-state index in [0.29, 0.717) is 6.07 Å². The van der Waals surface area contributed by atoms with Crippen LogP contribution in [0.1, 0.15) is 12.6 Å². The van der Waals surface area contributed by atoms with Crippen LogP contribution in [0.15, 0.2) is 16.9 Å². The highest BCUT2D eigenvalue weighted by Gasteiger charge is 2.33. The van der Waals surface area contributed by atoms with Gasteiger partial charge in [0.25, 0.3) is 5.56 Å². The first-order chi connectivity index (χ1) is 5.95. The van der Waals surface area contributed by atoms with E-state index >= 15 is 0 Å². The van der Waals surface area contributed by atoms with Crippen molar-refractivity contribution in [2.45, 2.75) is 19.6 Å². The van der Waals surface area contributed by atoms with Crippen molar-refractivity contribution in [1.29, 1.82) is 0 Å². The first-order valence-electron chi connectivity index (χ1n) is 3.60. The lowest BCUT2D eigenvalue weighted by Crippen LogP contribution is -2.24. The maximum Gasteiger partial charge on any atom is 0.435 e. The van der Waals surface area contributed by atoms with E-state index in [4.69, 9.17) is 0 Å². The molecule has 1 heterocycles. The fourth-order valence-corrected chi connectivity index (χ4v) is 0.827. The largest absolute Gasteiger partial charge is 0.435 e. The highest BCUT2D eigenvalue weighted by atomic mass is 19.4. The van der Waals surface area contributed by atoms with Gasteiger partial charge in [0.2, 0.25) is 0 Å². The van der Waals surface area contributed by atoms with Crippen molar-refractivity contribution in [3.8, 4) is 0 Å². The van der Waals surface area contributed by atoms with Crippen molar-refractivity contribution in [2.75, 3.05) is 0 Å². The lowest BCUT2D eigenvalue weighted by molar-refractivity contribution is -0.142. The summed E-state index contributed by atoms with van der Waals surface area (Å²) in [6.45, 7) is 1.68. The van der Waals surface area contributed by atoms with Crippen LogP contribution >= 0.6 is 0 Å². The van der Waals surface area contributed by atoms with Gasteiger partial charge in [0.1, 0.15) is 0 Å². The summed E-state index contributed by atoms with van der Waals surface area (Å²) in [7, 11) is 0. The Labute approximate surface area is 71.8 Å². The van der Waals surface area contributed by atoms with Gasteiger partial charge in [0.15, 0.2) is 5.69 Å². The van der Waals surface area contributed by atoms with Gasteiger partial charge in [-0.15, -0.1) is 0 Å². The minimum Gasteiger partial charge on any atom is -0.268 e. The summed E-state index contributed by atoms with van der Waals surface area (Å²) in [5.74, 6) is 0. The fourth-order valence-electron chi connectivity index (χ4n) is 0.827. The second kappa shape index (κ2) is 3.20. The normalized spacial score (nSPS) is 11.7. The number of aromatic nitrogens is 2. The Bertz CT molecular complexity index is 355. The molecule has 0 saturated heterocycles. The molecule has 1 aromatic rings. The van der Waals surface area contributed by atoms with E-state index < -0.39 is 17.4 Å². The van der Waals surface area contributed by atoms with Crippen molar-refractivity contribution in [1.82, 2.24) is 9.78 Å². The van der Waals surface area contributed by atoms with Crippen LogP contribution in [0.4, 0.5) is 13.2 Å². The standard InChI is InChI=1S/C7H7F3N2O/c1-2-12-6(13)4-3-5(11-12)7(8,9)10/h3-4H,2H2,1H3. The molecule has 0 atom stereocenters. The number of halogens is 3. The van der Waals surface area contributed by atoms with Gasteiger partial charge in [-0.1, -0.05) is 0 Å². The Balaban J connectivity index is 3.22. The first kappa shape index (κ1) is 9.76. The Kier molecular flexibility index (Phi) is 2.40. The third kappa shape index (κ3) is 2.07. The zero-order chi connectivity index (χ0) is 10.1. The molecule has 0 aromatic carbocycles. The number of rotatable bonds is 1. The van der Waals surface area contributed by atoms with Gasteiger partial charge in [0.05, 0.1) is 0 Å². The molecule has 72 valence electrons. The smallest absolute Gasteiger partial charge is 0.268 e. The predicted molar refractivity (Wildman–Crippen MR) is 39.2 cm³/mol. The van der Waals surface area contributed by atoms with Gasteiger partial charge < -0.3 is 0 Å². The van der Waals surface area contributed by atoms with Gasteiger partial charge in [-0.05, 0) is 13.0 Å². The van der Waals surface area contributed by atoms with Crippen LogP contribution in [0.3, 0.4) is 0 Å². The van der Waals surface area contributed by atoms with Gasteiger partial charge in [-0.3, -0.25) is 4.79 Å². The molecular weight excluding hydrogens is 185 g/mol. The van der Waals surface area contributed by atoms with Crippen LogP contribution < -0.4 is 5.56 Å². The van der Waals surface area contributed by atoms with Crippen LogP contribution in [0.2, 0.25) is 0 Å². The van der Waals surface area contributed by atoms with E-state index in [1.54, 1.807) is 6.92 Å². The van der Waals surface area contributed by atoms with E-state index in [1.165, 1.54) is 0 Å². The van der Waals surface area contributed by atoms with Crippen molar-refractivity contribution in [2.24, 2.45) is 0 Å². The highest BCUT2D eigenvalue weighted by molar-refractivity contribution is 5.04. The number of hydrogen-bond acceptors (Lipinski definition) is 2. The highest BCUT2D eigenvalue weighted by Crippen LogP contribution is 2.26. The summed E-state index contributed by atoms with van der Waals surface area (Å²) in [6, 6.07) is 1.54. The van der Waals surface area contributed by atoms with E-state index in [1.807, 2.05) is 0 Å². The average molecular weight is 192 g/mol. The molecule has 3 nitrogen and oxygen atoms in total. The lowest BCUT2D eigenvalue weighted by Gasteiger charge is -2.06. The third-order valence-electron chi connectivity index (χ3n) is 1.46. The molecule has 0 unspecified atom stereocenters. The number of alkyl halides is 3. The van der Waals surface area contributed by atoms with E-state index in [2.05, 4.69) is 5.10 Å². The maximum atomic E-state index is 12.1. The van der Waals surface area contributed by atoms with Gasteiger partial charge >= 0.3 is 6.18 Å². The summed E-state index contributed by atoms with van der Waals surface area (Å²) in [4.78, 5) is 10.9. The third-order valence-corrected chi connectivity index (χ3v) is 1.46. The van der Waals surface area contributed by atoms with E-state index in [0.717, 1.165) is 10.7 Å². The van der Waals surface area contributed by atoms with Crippen LogP contribution in [0, 0.1) is 0 Å². The molecule has 0 fully saturated rings. The van der Waals surface area contributed by atoms with Gasteiger partial charge in [-0.2, -0.15) is 18.3 Å². The number of aryl methyl sites for hydroxylation is 1. The maximum absolute atomic E-state index is 12.1. The molecule has 0 aliphatic rings. The summed E-state index contributed by atoms with van der Waals surface area (Å²) >= 11 is 0. The zero-order valence-electron chi connectivity index (χ0n) is 6.80. The minimum atomic E-state index is -4.50. The second-order valence-electron chi connectivity index (χ2n) is 2.37. The van der Waals surface area contributed by atoms with Crippen LogP contribution in [-0.2, 0) is 12.7 Å². The van der Waals surface area contributed by atoms with Crippen molar-refractivity contribution in [3.63, 3.8) is 0 Å². The molecule has 0 N–H and O–H groups in total. The van der Waals surface area contributed by atoms with Crippen LogP contribution in [-0.4, -0.2) is 9.78 Å². The van der Waals surface area contributed by atoms with E-state index in [9.17, 15) is 18.0 Å². The molecule has 1 rings (SSSR count). The Morgan fingerprint density at radius 1 is 1.46 bits per heavy atom. The predicted octanol–water partition coefficient (Wildman–Crippen LogP) is 1.28. The van der Waals surface area contributed by atoms with Crippen molar-refractivity contribution in [3.05, 3.63) is 28.2 Å². The molecule has 0 aliphatic heterocycles. The molecule has 0 bridgehead atoms. The quantitative estimate of drug-likeness (QED) is 0.671. The number of hydrogen-bond donors (Lipinski definition) is 0. The minimum absolute atomic E-state index is 0.128. The molecule has 0 radical (unpaired) electrons.